The fraction of sp³-hybridized carbons (Fsp3) is 0.400. The Labute approximate surface area is 92.5 Å². The van der Waals surface area contributed by atoms with E-state index in [4.69, 9.17) is 0 Å². The van der Waals surface area contributed by atoms with Crippen molar-refractivity contribution >= 4 is 22.6 Å². The molecule has 0 heterocycles. The summed E-state index contributed by atoms with van der Waals surface area (Å²) in [6.07, 6.45) is 0.564. The highest BCUT2D eigenvalue weighted by Gasteiger charge is 2.03. The van der Waals surface area contributed by atoms with Gasteiger partial charge in [-0.05, 0) is 18.5 Å². The van der Waals surface area contributed by atoms with Gasteiger partial charge in [0.2, 0.25) is 0 Å². The zero-order valence-electron chi connectivity index (χ0n) is 7.41. The first-order chi connectivity index (χ1) is 6.34. The Morgan fingerprint density at radius 1 is 1.31 bits per heavy atom. The lowest BCUT2D eigenvalue weighted by atomic mass is 10.2. The zero-order valence-corrected chi connectivity index (χ0v) is 9.57. The average Bonchev–Trinajstić information content (AvgIpc) is 2.19. The number of benzene rings is 1. The molecule has 72 valence electrons. The van der Waals surface area contributed by atoms with E-state index in [1.165, 1.54) is 0 Å². The van der Waals surface area contributed by atoms with Crippen molar-refractivity contribution < 1.29 is 5.11 Å². The van der Waals surface area contributed by atoms with Crippen LogP contribution in [0, 0.1) is 0 Å². The maximum absolute atomic E-state index is 9.63. The van der Waals surface area contributed by atoms with E-state index in [1.54, 1.807) is 0 Å². The van der Waals surface area contributed by atoms with Crippen LogP contribution in [0.3, 0.4) is 0 Å². The zero-order chi connectivity index (χ0) is 9.52. The number of hydrogen-bond acceptors (Lipinski definition) is 2. The number of aliphatic hydroxyl groups excluding tert-OH is 1. The van der Waals surface area contributed by atoms with E-state index in [0.29, 0.717) is 0 Å². The molecule has 0 saturated heterocycles. The standard InChI is InChI=1S/C10H14INO/c11-7-4-8-12-10(13)9-5-2-1-3-6-9/h1-3,5-6,10,12-13H,4,7-8H2. The van der Waals surface area contributed by atoms with E-state index in [-0.39, 0.29) is 0 Å². The smallest absolute Gasteiger partial charge is 0.131 e. The summed E-state index contributed by atoms with van der Waals surface area (Å²) in [5.41, 5.74) is 0.927. The molecule has 2 N–H and O–H groups in total. The Kier molecular flexibility index (Phi) is 5.34. The molecule has 0 radical (unpaired) electrons. The minimum absolute atomic E-state index is 0.524. The molecule has 1 aromatic carbocycles. The van der Waals surface area contributed by atoms with E-state index < -0.39 is 6.23 Å². The molecule has 0 fully saturated rings. The van der Waals surface area contributed by atoms with Crippen LogP contribution in [0.2, 0.25) is 0 Å². The summed E-state index contributed by atoms with van der Waals surface area (Å²) in [6, 6.07) is 9.64. The first-order valence-electron chi connectivity index (χ1n) is 4.37. The van der Waals surface area contributed by atoms with Crippen LogP contribution >= 0.6 is 22.6 Å². The summed E-state index contributed by atoms with van der Waals surface area (Å²) in [4.78, 5) is 0. The molecule has 1 atom stereocenters. The molecule has 2 nitrogen and oxygen atoms in total. The normalized spacial score (nSPS) is 12.8. The highest BCUT2D eigenvalue weighted by molar-refractivity contribution is 14.1. The first-order valence-corrected chi connectivity index (χ1v) is 5.89. The molecule has 0 aliphatic rings. The summed E-state index contributed by atoms with van der Waals surface area (Å²) in [5.74, 6) is 0. The summed E-state index contributed by atoms with van der Waals surface area (Å²) in [7, 11) is 0. The van der Waals surface area contributed by atoms with Crippen molar-refractivity contribution in [1.29, 1.82) is 0 Å². The van der Waals surface area contributed by atoms with Gasteiger partial charge in [-0.25, -0.2) is 0 Å². The van der Waals surface area contributed by atoms with Crippen molar-refractivity contribution in [2.24, 2.45) is 0 Å². The molecule has 0 aliphatic carbocycles. The lowest BCUT2D eigenvalue weighted by Crippen LogP contribution is -2.22. The highest BCUT2D eigenvalue weighted by atomic mass is 127. The van der Waals surface area contributed by atoms with Gasteiger partial charge in [0.15, 0.2) is 0 Å². The monoisotopic (exact) mass is 291 g/mol. The molecule has 0 spiro atoms. The lowest BCUT2D eigenvalue weighted by Gasteiger charge is -2.11. The van der Waals surface area contributed by atoms with Gasteiger partial charge in [0.1, 0.15) is 6.23 Å². The molecule has 0 saturated carbocycles. The fourth-order valence-corrected chi connectivity index (χ4v) is 1.44. The molecule has 1 rings (SSSR count). The number of aliphatic hydroxyl groups is 1. The third kappa shape index (κ3) is 4.06. The predicted octanol–water partition coefficient (Wildman–Crippen LogP) is 2.09. The third-order valence-electron chi connectivity index (χ3n) is 1.76. The molecule has 0 aliphatic heterocycles. The van der Waals surface area contributed by atoms with Crippen LogP contribution < -0.4 is 5.32 Å². The minimum atomic E-state index is -0.524. The van der Waals surface area contributed by atoms with Crippen molar-refractivity contribution in [1.82, 2.24) is 5.32 Å². The largest absolute Gasteiger partial charge is 0.374 e. The Balaban J connectivity index is 2.35. The van der Waals surface area contributed by atoms with Gasteiger partial charge in [-0.1, -0.05) is 52.9 Å². The van der Waals surface area contributed by atoms with Gasteiger partial charge in [-0.15, -0.1) is 0 Å². The number of halogens is 1. The summed E-state index contributed by atoms with van der Waals surface area (Å²) in [5, 5.41) is 12.7. The second kappa shape index (κ2) is 6.34. The van der Waals surface area contributed by atoms with Gasteiger partial charge in [-0.3, -0.25) is 5.32 Å². The van der Waals surface area contributed by atoms with E-state index in [0.717, 1.165) is 23.0 Å². The Hall–Kier alpha value is -0.130. The van der Waals surface area contributed by atoms with Gasteiger partial charge in [-0.2, -0.15) is 0 Å². The molecule has 13 heavy (non-hydrogen) atoms. The van der Waals surface area contributed by atoms with Crippen LogP contribution in [-0.2, 0) is 0 Å². The van der Waals surface area contributed by atoms with Crippen LogP contribution in [0.25, 0.3) is 0 Å². The van der Waals surface area contributed by atoms with Gasteiger partial charge >= 0.3 is 0 Å². The second-order valence-corrected chi connectivity index (χ2v) is 3.89. The van der Waals surface area contributed by atoms with Crippen LogP contribution in [-0.4, -0.2) is 16.1 Å². The molecular formula is C10H14INO. The quantitative estimate of drug-likeness (QED) is 0.377. The number of rotatable bonds is 5. The summed E-state index contributed by atoms with van der Waals surface area (Å²) < 4.78 is 1.12. The summed E-state index contributed by atoms with van der Waals surface area (Å²) >= 11 is 2.33. The maximum Gasteiger partial charge on any atom is 0.131 e. The average molecular weight is 291 g/mol. The molecule has 0 bridgehead atoms. The Bertz CT molecular complexity index is 228. The Morgan fingerprint density at radius 2 is 2.00 bits per heavy atom. The molecular weight excluding hydrogens is 277 g/mol. The molecule has 1 unspecified atom stereocenters. The molecule has 1 aromatic rings. The van der Waals surface area contributed by atoms with Crippen LogP contribution in [0.4, 0.5) is 0 Å². The fourth-order valence-electron chi connectivity index (χ4n) is 1.06. The maximum atomic E-state index is 9.63. The van der Waals surface area contributed by atoms with Crippen molar-refractivity contribution in [2.45, 2.75) is 12.6 Å². The topological polar surface area (TPSA) is 32.3 Å². The van der Waals surface area contributed by atoms with Crippen LogP contribution in [0.15, 0.2) is 30.3 Å². The van der Waals surface area contributed by atoms with Crippen LogP contribution in [0.5, 0.6) is 0 Å². The number of hydrogen-bond donors (Lipinski definition) is 2. The molecule has 0 amide bonds. The van der Waals surface area contributed by atoms with Gasteiger partial charge in [0.05, 0.1) is 0 Å². The third-order valence-corrected chi connectivity index (χ3v) is 2.53. The van der Waals surface area contributed by atoms with E-state index in [2.05, 4.69) is 27.9 Å². The SMILES string of the molecule is OC(NCCCI)c1ccccc1. The van der Waals surface area contributed by atoms with Gasteiger partial charge in [0.25, 0.3) is 0 Å². The van der Waals surface area contributed by atoms with Crippen LogP contribution in [0.1, 0.15) is 18.2 Å². The first kappa shape index (κ1) is 10.9. The summed E-state index contributed by atoms with van der Waals surface area (Å²) in [6.45, 7) is 0.860. The lowest BCUT2D eigenvalue weighted by molar-refractivity contribution is 0.140. The van der Waals surface area contributed by atoms with E-state index >= 15 is 0 Å². The van der Waals surface area contributed by atoms with Crippen molar-refractivity contribution in [3.8, 4) is 0 Å². The number of nitrogens with one attached hydrogen (secondary N) is 1. The highest BCUT2D eigenvalue weighted by Crippen LogP contribution is 2.08. The minimum Gasteiger partial charge on any atom is -0.374 e. The van der Waals surface area contributed by atoms with Gasteiger partial charge < -0.3 is 5.11 Å². The predicted molar refractivity (Wildman–Crippen MR) is 62.9 cm³/mol. The molecule has 3 heteroatoms. The van der Waals surface area contributed by atoms with E-state index in [9.17, 15) is 5.11 Å². The van der Waals surface area contributed by atoms with E-state index in [1.807, 2.05) is 30.3 Å². The Morgan fingerprint density at radius 3 is 2.62 bits per heavy atom. The van der Waals surface area contributed by atoms with Gasteiger partial charge in [0, 0.05) is 4.43 Å². The van der Waals surface area contributed by atoms with Crippen molar-refractivity contribution in [3.05, 3.63) is 35.9 Å². The molecule has 0 aromatic heterocycles. The second-order valence-electron chi connectivity index (χ2n) is 2.81. The van der Waals surface area contributed by atoms with Crippen molar-refractivity contribution in [3.63, 3.8) is 0 Å². The van der Waals surface area contributed by atoms with Crippen molar-refractivity contribution in [2.75, 3.05) is 11.0 Å². The number of alkyl halides is 1.